The average Bonchev–Trinajstić information content (AvgIpc) is 3.34. The number of amides is 1. The molecule has 2 aromatic heterocycles. The first-order valence-corrected chi connectivity index (χ1v) is 12.8. The van der Waals surface area contributed by atoms with E-state index in [0.717, 1.165) is 24.2 Å². The summed E-state index contributed by atoms with van der Waals surface area (Å²) >= 11 is 5.96. The Morgan fingerprint density at radius 1 is 1.27 bits per heavy atom. The molecule has 0 aliphatic carbocycles. The lowest BCUT2D eigenvalue weighted by atomic mass is 9.95. The van der Waals surface area contributed by atoms with E-state index in [9.17, 15) is 9.18 Å². The van der Waals surface area contributed by atoms with E-state index in [0.29, 0.717) is 11.4 Å². The molecule has 12 heteroatoms. The molecule has 0 N–H and O–H groups in total. The fraction of sp³-hybridized carbons (Fsp3) is 0.680. The van der Waals surface area contributed by atoms with E-state index >= 15 is 4.39 Å². The number of hydrazine groups is 1. The van der Waals surface area contributed by atoms with Crippen molar-refractivity contribution in [2.75, 3.05) is 37.7 Å². The quantitative estimate of drug-likeness (QED) is 0.504. The van der Waals surface area contributed by atoms with Gasteiger partial charge in [0.15, 0.2) is 16.8 Å². The van der Waals surface area contributed by atoms with Crippen molar-refractivity contribution in [2.45, 2.75) is 76.6 Å². The maximum Gasteiger partial charge on any atom is 0.429 e. The molecule has 3 aliphatic heterocycles. The van der Waals surface area contributed by atoms with E-state index in [2.05, 4.69) is 15.0 Å². The summed E-state index contributed by atoms with van der Waals surface area (Å²) in [6.07, 6.45) is 0.480. The van der Waals surface area contributed by atoms with Gasteiger partial charge >= 0.3 is 12.1 Å². The van der Waals surface area contributed by atoms with Gasteiger partial charge in [-0.3, -0.25) is 9.91 Å². The molecule has 0 saturated carbocycles. The summed E-state index contributed by atoms with van der Waals surface area (Å²) in [5, 5.41) is 0.668. The molecule has 5 heterocycles. The number of alkyl halides is 1. The molecule has 0 unspecified atom stereocenters. The van der Waals surface area contributed by atoms with Gasteiger partial charge in [-0.15, -0.1) is 0 Å². The van der Waals surface area contributed by atoms with Gasteiger partial charge in [-0.2, -0.15) is 9.97 Å². The first-order chi connectivity index (χ1) is 19.0. The largest absolute Gasteiger partial charge is 0.461 e. The first-order valence-electron chi connectivity index (χ1n) is 14.4. The van der Waals surface area contributed by atoms with Crippen molar-refractivity contribution in [3.8, 4) is 6.01 Å². The van der Waals surface area contributed by atoms with Crippen LogP contribution in [-0.2, 0) is 4.74 Å². The number of rotatable bonds is 4. The smallest absolute Gasteiger partial charge is 0.429 e. The lowest BCUT2D eigenvalue weighted by molar-refractivity contribution is 0.0232. The third-order valence-electron chi connectivity index (χ3n) is 6.68. The van der Waals surface area contributed by atoms with Gasteiger partial charge in [-0.1, -0.05) is 11.6 Å². The molecule has 5 rings (SSSR count). The second kappa shape index (κ2) is 9.98. The number of nitrogens with zero attached hydrogens (tertiary/aromatic N) is 6. The van der Waals surface area contributed by atoms with Crippen LogP contribution in [0.1, 0.15) is 64.8 Å². The van der Waals surface area contributed by atoms with Crippen LogP contribution in [0.15, 0.2) is 6.20 Å². The van der Waals surface area contributed by atoms with Crippen LogP contribution < -0.4 is 9.75 Å². The molecule has 2 atom stereocenters. The van der Waals surface area contributed by atoms with E-state index in [-0.39, 0.29) is 61.6 Å². The predicted molar refractivity (Wildman–Crippen MR) is 135 cm³/mol. The van der Waals surface area contributed by atoms with E-state index in [1.807, 2.05) is 4.90 Å². The van der Waals surface area contributed by atoms with Crippen LogP contribution in [0, 0.1) is 5.82 Å². The van der Waals surface area contributed by atoms with Gasteiger partial charge in [-0.05, 0) is 59.4 Å². The number of carbonyl (C=O) groups is 1. The zero-order valence-corrected chi connectivity index (χ0v) is 21.8. The molecule has 37 heavy (non-hydrogen) atoms. The van der Waals surface area contributed by atoms with E-state index in [1.165, 1.54) is 0 Å². The molecule has 3 aliphatic rings. The summed E-state index contributed by atoms with van der Waals surface area (Å²) in [6, 6.07) is -0.359. The molecule has 2 aromatic rings. The minimum atomic E-state index is -2.41. The van der Waals surface area contributed by atoms with E-state index < -0.39 is 47.4 Å². The van der Waals surface area contributed by atoms with E-state index in [1.54, 1.807) is 20.8 Å². The standard InChI is InChI=1S/C25H33ClF2N6O3/c1-24(2,3)37-23(35)34-11-6-4-5-10-33(34)21-17-13-29-20(26)18(28)19(17)30-22(31-21)36-15-25-8-7-9-32(25)14-16(27)12-25/h13,16H,4-12,14-15H2,1-3H3/t16-,25+/m1/s1/i10D2,11D2. The predicted octanol–water partition coefficient (Wildman–Crippen LogP) is 4.91. The number of aromatic nitrogens is 3. The van der Waals surface area contributed by atoms with Gasteiger partial charge < -0.3 is 9.47 Å². The van der Waals surface area contributed by atoms with Crippen LogP contribution in [0.3, 0.4) is 0 Å². The highest BCUT2D eigenvalue weighted by Gasteiger charge is 2.49. The number of anilines is 1. The van der Waals surface area contributed by atoms with Gasteiger partial charge in [-0.25, -0.2) is 23.6 Å². The Bertz CT molecular complexity index is 1350. The van der Waals surface area contributed by atoms with Gasteiger partial charge in [0.25, 0.3) is 0 Å². The minimum Gasteiger partial charge on any atom is -0.461 e. The van der Waals surface area contributed by atoms with Crippen LogP contribution in [0.25, 0.3) is 10.9 Å². The first kappa shape index (κ1) is 21.4. The number of hydrogen-bond acceptors (Lipinski definition) is 8. The van der Waals surface area contributed by atoms with Crippen LogP contribution >= 0.6 is 11.6 Å². The fourth-order valence-electron chi connectivity index (χ4n) is 5.09. The summed E-state index contributed by atoms with van der Waals surface area (Å²) in [4.78, 5) is 27.9. The van der Waals surface area contributed by atoms with Crippen molar-refractivity contribution in [1.82, 2.24) is 24.9 Å². The summed E-state index contributed by atoms with van der Waals surface area (Å²) in [7, 11) is 0. The zero-order chi connectivity index (χ0) is 30.0. The summed E-state index contributed by atoms with van der Waals surface area (Å²) < 4.78 is 76.3. The Hall–Kier alpha value is -2.53. The van der Waals surface area contributed by atoms with Crippen molar-refractivity contribution in [2.24, 2.45) is 0 Å². The third kappa shape index (κ3) is 5.25. The van der Waals surface area contributed by atoms with Crippen molar-refractivity contribution in [1.29, 1.82) is 0 Å². The van der Waals surface area contributed by atoms with Crippen molar-refractivity contribution in [3.63, 3.8) is 0 Å². The number of ether oxygens (including phenoxy) is 2. The van der Waals surface area contributed by atoms with E-state index in [4.69, 9.17) is 26.6 Å². The van der Waals surface area contributed by atoms with Crippen LogP contribution in [0.4, 0.5) is 19.4 Å². The molecule has 0 aromatic carbocycles. The molecule has 9 nitrogen and oxygen atoms in total. The number of halogens is 3. The second-order valence-corrected chi connectivity index (χ2v) is 11.0. The Balaban J connectivity index is 1.65. The highest BCUT2D eigenvalue weighted by Crippen LogP contribution is 2.40. The Morgan fingerprint density at radius 2 is 2.05 bits per heavy atom. The SMILES string of the molecule is [2H]C1([2H])CCCC([2H])([2H])N(c2nc(OC[C@@]34CCCN3C[C@H](F)C4)nc3c(F)c(Cl)ncc23)N1C(=O)OC(C)(C)C. The topological polar surface area (TPSA) is 83.9 Å². The molecule has 0 bridgehead atoms. The Labute approximate surface area is 225 Å². The second-order valence-electron chi connectivity index (χ2n) is 10.6. The van der Waals surface area contributed by atoms with Gasteiger partial charge in [0.1, 0.15) is 23.9 Å². The van der Waals surface area contributed by atoms with Crippen LogP contribution in [0.2, 0.25) is 5.15 Å². The van der Waals surface area contributed by atoms with Crippen molar-refractivity contribution in [3.05, 3.63) is 17.2 Å². The Morgan fingerprint density at radius 3 is 2.84 bits per heavy atom. The monoisotopic (exact) mass is 542 g/mol. The van der Waals surface area contributed by atoms with Crippen molar-refractivity contribution < 1.29 is 28.5 Å². The maximum atomic E-state index is 15.3. The molecule has 202 valence electrons. The molecular weight excluding hydrogens is 506 g/mol. The molecule has 0 spiro atoms. The van der Waals surface area contributed by atoms with Crippen LogP contribution in [0.5, 0.6) is 6.01 Å². The summed E-state index contributed by atoms with van der Waals surface area (Å²) in [5.41, 5.74) is -1.97. The fourth-order valence-corrected chi connectivity index (χ4v) is 5.23. The van der Waals surface area contributed by atoms with Gasteiger partial charge in [0, 0.05) is 32.2 Å². The zero-order valence-electron chi connectivity index (χ0n) is 25.1. The Kier molecular flexibility index (Phi) is 5.77. The third-order valence-corrected chi connectivity index (χ3v) is 6.94. The summed E-state index contributed by atoms with van der Waals surface area (Å²) in [5.74, 6) is -1.38. The number of pyridine rings is 1. The summed E-state index contributed by atoms with van der Waals surface area (Å²) in [6.45, 7) is 1.01. The maximum absolute atomic E-state index is 15.3. The molecule has 3 saturated heterocycles. The molecule has 3 fully saturated rings. The minimum absolute atomic E-state index is 0.00228. The molecule has 1 amide bonds. The number of carbonyl (C=O) groups excluding carboxylic acids is 1. The lowest BCUT2D eigenvalue weighted by Crippen LogP contribution is -2.49. The highest BCUT2D eigenvalue weighted by molar-refractivity contribution is 6.30. The number of hydrogen-bond donors (Lipinski definition) is 0. The normalized spacial score (nSPS) is 29.2. The number of fused-ring (bicyclic) bond motifs is 2. The molecule has 0 radical (unpaired) electrons. The average molecular weight is 543 g/mol. The van der Waals surface area contributed by atoms with Crippen molar-refractivity contribution >= 4 is 34.4 Å². The lowest BCUT2D eigenvalue weighted by Gasteiger charge is -2.36. The highest BCUT2D eigenvalue weighted by atomic mass is 35.5. The van der Waals surface area contributed by atoms with Gasteiger partial charge in [0.05, 0.1) is 16.4 Å². The molecular formula is C25H33ClF2N6O3. The van der Waals surface area contributed by atoms with Gasteiger partial charge in [0.2, 0.25) is 0 Å². The van der Waals surface area contributed by atoms with Crippen LogP contribution in [-0.4, -0.2) is 81.0 Å².